The quantitative estimate of drug-likeness (QED) is 0.0592. The fourth-order valence-electron chi connectivity index (χ4n) is 5.06. The summed E-state index contributed by atoms with van der Waals surface area (Å²) in [5.41, 5.74) is 8.92. The second-order valence-electron chi connectivity index (χ2n) is 11.2. The highest BCUT2D eigenvalue weighted by Crippen LogP contribution is 2.29. The molecule has 0 aliphatic rings. The highest BCUT2D eigenvalue weighted by Gasteiger charge is 2.13. The van der Waals surface area contributed by atoms with Crippen molar-refractivity contribution in [2.45, 2.75) is 20.1 Å². The van der Waals surface area contributed by atoms with Gasteiger partial charge in [-0.05, 0) is 109 Å². The normalized spacial score (nSPS) is 10.3. The third-order valence-electron chi connectivity index (χ3n) is 7.46. The average Bonchev–Trinajstić information content (AvgIpc) is 3.19. The second kappa shape index (κ2) is 22.6. The van der Waals surface area contributed by atoms with Crippen LogP contribution in [-0.4, -0.2) is 44.9 Å². The Bertz CT molecular complexity index is 2030. The Morgan fingerprint density at radius 3 is 1.63 bits per heavy atom. The van der Waals surface area contributed by atoms with Gasteiger partial charge in [0.25, 0.3) is 0 Å². The first kappa shape index (κ1) is 42.2. The number of nitrogens with zero attached hydrogens (tertiary/aromatic N) is 2. The van der Waals surface area contributed by atoms with Gasteiger partial charge in [0.2, 0.25) is 6.29 Å². The number of rotatable bonds is 13. The van der Waals surface area contributed by atoms with Gasteiger partial charge < -0.3 is 30.0 Å². The van der Waals surface area contributed by atoms with E-state index in [-0.39, 0.29) is 8.93 Å². The molecular weight excluding hydrogens is 879 g/mol. The Morgan fingerprint density at radius 2 is 1.17 bits per heavy atom. The molecule has 0 aliphatic carbocycles. The molecule has 0 saturated heterocycles. The van der Waals surface area contributed by atoms with Crippen LogP contribution in [0.25, 0.3) is 22.3 Å². The van der Waals surface area contributed by atoms with Crippen LogP contribution in [0.4, 0.5) is 22.7 Å². The van der Waals surface area contributed by atoms with E-state index in [9.17, 15) is 9.90 Å². The van der Waals surface area contributed by atoms with Crippen molar-refractivity contribution in [1.29, 1.82) is 0 Å². The summed E-state index contributed by atoms with van der Waals surface area (Å²) >= 11 is 9.31. The molecule has 0 saturated carbocycles. The van der Waals surface area contributed by atoms with Crippen LogP contribution in [0.1, 0.15) is 36.3 Å². The van der Waals surface area contributed by atoms with Gasteiger partial charge in [-0.15, -0.1) is 47.3 Å². The number of methoxy groups -OCH3 is 1. The summed E-state index contributed by atoms with van der Waals surface area (Å²) in [6.45, 7) is 5.03. The van der Waals surface area contributed by atoms with Gasteiger partial charge in [0, 0.05) is 24.6 Å². The monoisotopic (exact) mass is 916 g/mol. The number of phenolic OH excluding ortho intramolecular Hbond substituents is 1. The van der Waals surface area contributed by atoms with Crippen LogP contribution in [0.15, 0.2) is 134 Å². The first-order valence-corrected chi connectivity index (χ1v) is 19.7. The number of phenols is 1. The van der Waals surface area contributed by atoms with Gasteiger partial charge in [0.15, 0.2) is 6.29 Å². The Morgan fingerprint density at radius 1 is 0.667 bits per heavy atom. The maximum atomic E-state index is 10.6. The average molecular weight is 919 g/mol. The lowest BCUT2D eigenvalue weighted by atomic mass is 10.0. The molecule has 0 bridgehead atoms. The molecule has 54 heavy (non-hydrogen) atoms. The maximum Gasteiger partial charge on any atom is 0.369 e. The van der Waals surface area contributed by atoms with Crippen LogP contribution in [0, 0.1) is 0 Å². The van der Waals surface area contributed by atoms with Crippen LogP contribution >= 0.6 is 47.3 Å². The molecule has 9 nitrogen and oxygen atoms in total. The van der Waals surface area contributed by atoms with Crippen molar-refractivity contribution in [2.75, 3.05) is 31.0 Å². The molecule has 0 aliphatic heterocycles. The Labute approximate surface area is 341 Å². The third-order valence-corrected chi connectivity index (χ3v) is 7.46. The summed E-state index contributed by atoms with van der Waals surface area (Å²) in [6.07, 6.45) is 3.69. The number of anilines is 4. The highest BCUT2D eigenvalue weighted by atomic mass is 79.9. The number of aromatic nitrogens is 2. The van der Waals surface area contributed by atoms with Crippen LogP contribution < -0.4 is 15.4 Å². The second-order valence-corrected chi connectivity index (χ2v) is 17.7. The molecule has 6 aromatic rings. The van der Waals surface area contributed by atoms with Crippen LogP contribution in [0.3, 0.4) is 0 Å². The van der Waals surface area contributed by atoms with E-state index in [4.69, 9.17) is 14.2 Å². The van der Waals surface area contributed by atoms with Gasteiger partial charge in [0.1, 0.15) is 17.2 Å². The molecule has 278 valence electrons. The van der Waals surface area contributed by atoms with E-state index in [1.54, 1.807) is 43.8 Å². The zero-order valence-electron chi connectivity index (χ0n) is 30.0. The van der Waals surface area contributed by atoms with Gasteiger partial charge in [-0.25, -0.2) is 0 Å². The Hall–Kier alpha value is -4.53. The molecule has 4 aromatic carbocycles. The van der Waals surface area contributed by atoms with Crippen LogP contribution in [0.5, 0.6) is 11.5 Å². The highest BCUT2D eigenvalue weighted by molar-refractivity contribution is 9.69. The van der Waals surface area contributed by atoms with E-state index >= 15 is 0 Å². The van der Waals surface area contributed by atoms with Gasteiger partial charge in [0.05, 0.1) is 36.6 Å². The van der Waals surface area contributed by atoms with E-state index in [2.05, 4.69) is 86.1 Å². The number of aromatic hydroxyl groups is 1. The number of hydrogen-bond donors (Lipinski definition) is 3. The predicted octanol–water partition coefficient (Wildman–Crippen LogP) is 11.7. The molecule has 3 N–H and O–H groups in total. The standard InChI is InChI=1S/C23H26N2O3.C18H14N2O2.BBr3/c1-4-27-23(28-5-2)22-13-12-20(16-24-22)25-19-10-6-8-17(14-19)18-9-7-11-21(15-18)26-3;21-12-17-8-7-16(11-19-17)20-15-5-1-3-13(9-15)14-4-2-6-18(22)10-14;2-1(3)4/h6-16,23,25H,4-5H2,1-3H3;1-12,20,22H;. The Balaban J connectivity index is 0.000000224. The number of ether oxygens (including phenoxy) is 3. The molecule has 2 aromatic heterocycles. The molecule has 0 radical (unpaired) electrons. The Kier molecular flexibility index (Phi) is 17.7. The number of aldehydes is 1. The van der Waals surface area contributed by atoms with E-state index in [1.807, 2.05) is 92.7 Å². The number of halogens is 3. The van der Waals surface area contributed by atoms with Gasteiger partial charge >= 0.3 is 3.18 Å². The molecule has 0 spiro atoms. The smallest absolute Gasteiger partial charge is 0.369 e. The first-order valence-electron chi connectivity index (χ1n) is 16.9. The zero-order chi connectivity index (χ0) is 38.7. The van der Waals surface area contributed by atoms with E-state index in [1.165, 1.54) is 0 Å². The molecule has 13 heteroatoms. The predicted molar refractivity (Wildman–Crippen MR) is 231 cm³/mol. The van der Waals surface area contributed by atoms with Crippen molar-refractivity contribution in [3.05, 3.63) is 145 Å². The summed E-state index contributed by atoms with van der Waals surface area (Å²) < 4.78 is 16.8. The summed E-state index contributed by atoms with van der Waals surface area (Å²) in [7, 11) is 1.68. The van der Waals surface area contributed by atoms with Crippen molar-refractivity contribution in [3.63, 3.8) is 0 Å². The maximum absolute atomic E-state index is 10.6. The largest absolute Gasteiger partial charge is 0.508 e. The fourth-order valence-corrected chi connectivity index (χ4v) is 5.06. The molecule has 6 rings (SSSR count). The number of nitrogens with one attached hydrogen (secondary N) is 2. The van der Waals surface area contributed by atoms with Crippen molar-refractivity contribution in [1.82, 2.24) is 9.97 Å². The summed E-state index contributed by atoms with van der Waals surface area (Å²) in [4.78, 5) is 19.1. The number of benzene rings is 4. The van der Waals surface area contributed by atoms with Gasteiger partial charge in [-0.3, -0.25) is 14.8 Å². The van der Waals surface area contributed by atoms with Crippen molar-refractivity contribution in [3.8, 4) is 33.8 Å². The topological polar surface area (TPSA) is 115 Å². The van der Waals surface area contributed by atoms with E-state index in [0.717, 1.165) is 56.4 Å². The van der Waals surface area contributed by atoms with E-state index in [0.29, 0.717) is 25.2 Å². The molecule has 0 fully saturated rings. The number of hydrogen-bond acceptors (Lipinski definition) is 9. The minimum Gasteiger partial charge on any atom is -0.508 e. The third kappa shape index (κ3) is 14.0. The van der Waals surface area contributed by atoms with Crippen molar-refractivity contribution in [2.24, 2.45) is 0 Å². The fraction of sp³-hybridized carbons (Fsp3) is 0.146. The number of carbonyl (C=O) groups is 1. The number of pyridine rings is 2. The lowest BCUT2D eigenvalue weighted by Crippen LogP contribution is -2.10. The molecule has 0 amide bonds. The van der Waals surface area contributed by atoms with Gasteiger partial charge in [-0.1, -0.05) is 48.5 Å². The minimum atomic E-state index is -0.430. The first-order chi connectivity index (χ1) is 26.2. The lowest BCUT2D eigenvalue weighted by Gasteiger charge is -2.16. The summed E-state index contributed by atoms with van der Waals surface area (Å²) in [5, 5.41) is 16.2. The zero-order valence-corrected chi connectivity index (χ0v) is 34.7. The van der Waals surface area contributed by atoms with Crippen molar-refractivity contribution >= 4 is 79.5 Å². The van der Waals surface area contributed by atoms with Crippen LogP contribution in [0.2, 0.25) is 0 Å². The summed E-state index contributed by atoms with van der Waals surface area (Å²) in [6, 6.07) is 38.6. The van der Waals surface area contributed by atoms with Gasteiger partial charge in [-0.2, -0.15) is 0 Å². The SMILES string of the molecule is BrB(Br)Br.CCOC(OCC)c1ccc(Nc2cccc(-c3cccc(OC)c3)c2)cn1.O=Cc1ccc(Nc2cccc(-c3cccc(O)c3)c2)cn1. The van der Waals surface area contributed by atoms with E-state index < -0.39 is 6.29 Å². The van der Waals surface area contributed by atoms with Crippen molar-refractivity contribution < 1.29 is 24.1 Å². The molecule has 0 unspecified atom stereocenters. The lowest BCUT2D eigenvalue weighted by molar-refractivity contribution is -0.142. The minimum absolute atomic E-state index is 0.240. The molecule has 2 heterocycles. The summed E-state index contributed by atoms with van der Waals surface area (Å²) in [5.74, 6) is 1.08. The molecular formula is C41H40BBr3N4O5. The number of carbonyl (C=O) groups excluding carboxylic acids is 1. The van der Waals surface area contributed by atoms with Crippen LogP contribution in [-0.2, 0) is 9.47 Å². The molecule has 0 atom stereocenters.